The van der Waals surface area contributed by atoms with E-state index in [1.165, 1.54) is 6.42 Å². The van der Waals surface area contributed by atoms with Crippen LogP contribution in [0.15, 0.2) is 24.3 Å². The number of nitrogens with zero attached hydrogens (tertiary/aromatic N) is 1. The molecule has 1 saturated heterocycles. The Morgan fingerprint density at radius 1 is 1.14 bits per heavy atom. The first-order valence-electron chi connectivity index (χ1n) is 8.38. The van der Waals surface area contributed by atoms with Crippen LogP contribution in [0.25, 0.3) is 0 Å². The molecule has 2 aliphatic rings. The molecule has 2 fully saturated rings. The quantitative estimate of drug-likeness (QED) is 0.929. The van der Waals surface area contributed by atoms with Gasteiger partial charge in [-0.3, -0.25) is 9.59 Å². The summed E-state index contributed by atoms with van der Waals surface area (Å²) in [5.74, 6) is -0.0499. The van der Waals surface area contributed by atoms with Crippen molar-refractivity contribution in [2.75, 3.05) is 18.4 Å². The van der Waals surface area contributed by atoms with E-state index in [4.69, 9.17) is 0 Å². The lowest BCUT2D eigenvalue weighted by Crippen LogP contribution is -2.37. The highest BCUT2D eigenvalue weighted by Crippen LogP contribution is 2.41. The SMILES string of the molecule is CCc1ccccc1NC(=O)C1CC1C(=O)N1CCCCC1. The van der Waals surface area contributed by atoms with Crippen molar-refractivity contribution in [1.29, 1.82) is 0 Å². The van der Waals surface area contributed by atoms with Crippen LogP contribution in [0.3, 0.4) is 0 Å². The molecule has 1 heterocycles. The van der Waals surface area contributed by atoms with Crippen LogP contribution in [-0.2, 0) is 16.0 Å². The number of likely N-dealkylation sites (tertiary alicyclic amines) is 1. The van der Waals surface area contributed by atoms with Gasteiger partial charge in [0.15, 0.2) is 0 Å². The minimum atomic E-state index is -0.140. The second-order valence-corrected chi connectivity index (χ2v) is 6.33. The number of aryl methyl sites for hydroxylation is 1. The van der Waals surface area contributed by atoms with Crippen molar-refractivity contribution in [3.63, 3.8) is 0 Å². The molecule has 118 valence electrons. The average molecular weight is 300 g/mol. The second-order valence-electron chi connectivity index (χ2n) is 6.33. The van der Waals surface area contributed by atoms with Gasteiger partial charge in [0.05, 0.1) is 11.8 Å². The van der Waals surface area contributed by atoms with Gasteiger partial charge in [-0.05, 0) is 43.7 Å². The first-order valence-corrected chi connectivity index (χ1v) is 8.38. The van der Waals surface area contributed by atoms with E-state index in [0.717, 1.165) is 43.6 Å². The smallest absolute Gasteiger partial charge is 0.228 e. The Morgan fingerprint density at radius 2 is 1.86 bits per heavy atom. The van der Waals surface area contributed by atoms with E-state index < -0.39 is 0 Å². The van der Waals surface area contributed by atoms with Gasteiger partial charge in [-0.1, -0.05) is 25.1 Å². The first-order chi connectivity index (χ1) is 10.7. The lowest BCUT2D eigenvalue weighted by Gasteiger charge is -2.26. The van der Waals surface area contributed by atoms with Crippen LogP contribution >= 0.6 is 0 Å². The third-order valence-electron chi connectivity index (χ3n) is 4.77. The maximum absolute atomic E-state index is 12.4. The fourth-order valence-corrected chi connectivity index (χ4v) is 3.28. The molecule has 2 atom stereocenters. The first kappa shape index (κ1) is 15.1. The Morgan fingerprint density at radius 3 is 2.59 bits per heavy atom. The summed E-state index contributed by atoms with van der Waals surface area (Å²) in [4.78, 5) is 26.7. The molecule has 0 radical (unpaired) electrons. The Kier molecular flexibility index (Phi) is 4.46. The lowest BCUT2D eigenvalue weighted by atomic mass is 10.1. The molecular formula is C18H24N2O2. The number of amides is 2. The minimum absolute atomic E-state index is 0.00346. The van der Waals surface area contributed by atoms with Crippen molar-refractivity contribution in [2.45, 2.75) is 39.0 Å². The normalized spacial score (nSPS) is 24.0. The number of carbonyl (C=O) groups excluding carboxylic acids is 2. The summed E-state index contributed by atoms with van der Waals surface area (Å²) < 4.78 is 0. The number of para-hydroxylation sites is 1. The Balaban J connectivity index is 1.57. The van der Waals surface area contributed by atoms with Gasteiger partial charge in [0, 0.05) is 18.8 Å². The Hall–Kier alpha value is -1.84. The predicted octanol–water partition coefficient (Wildman–Crippen LogP) is 2.84. The number of carbonyl (C=O) groups is 2. The van der Waals surface area contributed by atoms with E-state index >= 15 is 0 Å². The summed E-state index contributed by atoms with van der Waals surface area (Å²) in [6, 6.07) is 7.87. The number of piperidine rings is 1. The highest BCUT2D eigenvalue weighted by molar-refractivity contribution is 5.99. The zero-order chi connectivity index (χ0) is 15.5. The van der Waals surface area contributed by atoms with Crippen molar-refractivity contribution in [3.05, 3.63) is 29.8 Å². The highest BCUT2D eigenvalue weighted by atomic mass is 16.2. The third kappa shape index (κ3) is 3.16. The fourth-order valence-electron chi connectivity index (χ4n) is 3.28. The van der Waals surface area contributed by atoms with Gasteiger partial charge in [-0.15, -0.1) is 0 Å². The van der Waals surface area contributed by atoms with E-state index in [9.17, 15) is 9.59 Å². The predicted molar refractivity (Wildman–Crippen MR) is 86.5 cm³/mol. The molecule has 3 rings (SSSR count). The molecule has 22 heavy (non-hydrogen) atoms. The molecule has 1 aliphatic heterocycles. The van der Waals surface area contributed by atoms with Crippen molar-refractivity contribution in [2.24, 2.45) is 11.8 Å². The van der Waals surface area contributed by atoms with Crippen molar-refractivity contribution in [1.82, 2.24) is 4.90 Å². The van der Waals surface area contributed by atoms with E-state index in [2.05, 4.69) is 12.2 Å². The second kappa shape index (κ2) is 6.51. The van der Waals surface area contributed by atoms with Crippen LogP contribution in [-0.4, -0.2) is 29.8 Å². The van der Waals surface area contributed by atoms with E-state index in [-0.39, 0.29) is 23.7 Å². The molecule has 4 nitrogen and oxygen atoms in total. The van der Waals surface area contributed by atoms with Crippen LogP contribution < -0.4 is 5.32 Å². The third-order valence-corrected chi connectivity index (χ3v) is 4.77. The van der Waals surface area contributed by atoms with Gasteiger partial charge in [-0.2, -0.15) is 0 Å². The van der Waals surface area contributed by atoms with Gasteiger partial charge < -0.3 is 10.2 Å². The highest BCUT2D eigenvalue weighted by Gasteiger charge is 2.49. The van der Waals surface area contributed by atoms with Crippen LogP contribution in [0.2, 0.25) is 0 Å². The monoisotopic (exact) mass is 300 g/mol. The van der Waals surface area contributed by atoms with E-state index in [1.54, 1.807) is 0 Å². The van der Waals surface area contributed by atoms with Crippen LogP contribution in [0.5, 0.6) is 0 Å². The number of nitrogens with one attached hydrogen (secondary N) is 1. The number of benzene rings is 1. The topological polar surface area (TPSA) is 49.4 Å². The largest absolute Gasteiger partial charge is 0.342 e. The summed E-state index contributed by atoms with van der Waals surface area (Å²) in [6.07, 6.45) is 5.00. The van der Waals surface area contributed by atoms with Gasteiger partial charge in [0.25, 0.3) is 0 Å². The molecule has 1 saturated carbocycles. The number of anilines is 1. The summed E-state index contributed by atoms with van der Waals surface area (Å²) in [7, 11) is 0. The zero-order valence-corrected chi connectivity index (χ0v) is 13.2. The molecule has 4 heteroatoms. The fraction of sp³-hybridized carbons (Fsp3) is 0.556. The molecule has 0 bridgehead atoms. The average Bonchev–Trinajstić information content (AvgIpc) is 3.36. The molecule has 2 amide bonds. The van der Waals surface area contributed by atoms with Gasteiger partial charge in [0.1, 0.15) is 0 Å². The van der Waals surface area contributed by atoms with Gasteiger partial charge >= 0.3 is 0 Å². The van der Waals surface area contributed by atoms with Crippen molar-refractivity contribution < 1.29 is 9.59 Å². The summed E-state index contributed by atoms with van der Waals surface area (Å²) >= 11 is 0. The standard InChI is InChI=1S/C18H24N2O2/c1-2-13-8-4-5-9-16(13)19-17(21)14-12-15(14)18(22)20-10-6-3-7-11-20/h4-5,8-9,14-15H,2-3,6-7,10-12H2,1H3,(H,19,21). The summed E-state index contributed by atoms with van der Waals surface area (Å²) in [5, 5.41) is 3.00. The van der Waals surface area contributed by atoms with Gasteiger partial charge in [0.2, 0.25) is 11.8 Å². The van der Waals surface area contributed by atoms with E-state index in [0.29, 0.717) is 6.42 Å². The minimum Gasteiger partial charge on any atom is -0.342 e. The molecular weight excluding hydrogens is 276 g/mol. The molecule has 1 aromatic rings. The van der Waals surface area contributed by atoms with Crippen LogP contribution in [0.4, 0.5) is 5.69 Å². The van der Waals surface area contributed by atoms with Crippen LogP contribution in [0, 0.1) is 11.8 Å². The molecule has 1 aliphatic carbocycles. The Labute approximate surface area is 131 Å². The molecule has 0 aromatic heterocycles. The van der Waals surface area contributed by atoms with E-state index in [1.807, 2.05) is 29.2 Å². The lowest BCUT2D eigenvalue weighted by molar-refractivity contribution is -0.134. The number of rotatable bonds is 4. The van der Waals surface area contributed by atoms with Gasteiger partial charge in [-0.25, -0.2) is 0 Å². The maximum Gasteiger partial charge on any atom is 0.228 e. The van der Waals surface area contributed by atoms with Crippen molar-refractivity contribution >= 4 is 17.5 Å². The Bertz CT molecular complexity index is 564. The summed E-state index contributed by atoms with van der Waals surface area (Å²) in [5.41, 5.74) is 2.02. The molecule has 0 spiro atoms. The zero-order valence-electron chi connectivity index (χ0n) is 13.2. The number of hydrogen-bond donors (Lipinski definition) is 1. The summed E-state index contributed by atoms with van der Waals surface area (Å²) in [6.45, 7) is 3.80. The molecule has 2 unspecified atom stereocenters. The molecule has 1 aromatic carbocycles. The van der Waals surface area contributed by atoms with Crippen molar-refractivity contribution in [3.8, 4) is 0 Å². The maximum atomic E-state index is 12.4. The number of hydrogen-bond acceptors (Lipinski definition) is 2. The van der Waals surface area contributed by atoms with Crippen LogP contribution in [0.1, 0.15) is 38.2 Å². The molecule has 1 N–H and O–H groups in total.